The number of hydrogen-bond acceptors (Lipinski definition) is 6. The highest BCUT2D eigenvalue weighted by molar-refractivity contribution is 5.53. The van der Waals surface area contributed by atoms with E-state index in [1.807, 2.05) is 11.9 Å². The lowest BCUT2D eigenvalue weighted by molar-refractivity contribution is -0.384. The number of nitro groups is 1. The van der Waals surface area contributed by atoms with Gasteiger partial charge in [-0.05, 0) is 25.9 Å². The smallest absolute Gasteiger partial charge is 0.276 e. The molecule has 2 heterocycles. The second-order valence-electron chi connectivity index (χ2n) is 5.17. The first-order chi connectivity index (χ1) is 9.51. The number of anilines is 2. The average molecular weight is 279 g/mol. The van der Waals surface area contributed by atoms with Crippen molar-refractivity contribution in [2.24, 2.45) is 0 Å². The van der Waals surface area contributed by atoms with Gasteiger partial charge in [0.2, 0.25) is 0 Å². The number of rotatable bonds is 5. The number of nitrogens with zero attached hydrogens (tertiary/aromatic N) is 4. The maximum Gasteiger partial charge on any atom is 0.276 e. The van der Waals surface area contributed by atoms with Crippen molar-refractivity contribution < 1.29 is 4.92 Å². The topological polar surface area (TPSA) is 88.5 Å². The Bertz CT molecular complexity index is 494. The molecule has 2 rings (SSSR count). The normalized spacial score (nSPS) is 19.2. The number of aromatic nitrogens is 1. The lowest BCUT2D eigenvalue weighted by Gasteiger charge is -2.28. The summed E-state index contributed by atoms with van der Waals surface area (Å²) >= 11 is 0. The zero-order valence-electron chi connectivity index (χ0n) is 12.0. The fourth-order valence-corrected chi connectivity index (χ4v) is 2.75. The second kappa shape index (κ2) is 6.04. The van der Waals surface area contributed by atoms with E-state index >= 15 is 0 Å². The lowest BCUT2D eigenvalue weighted by Crippen LogP contribution is -2.39. The zero-order valence-corrected chi connectivity index (χ0v) is 12.0. The summed E-state index contributed by atoms with van der Waals surface area (Å²) < 4.78 is 0. The van der Waals surface area contributed by atoms with E-state index in [0.29, 0.717) is 11.9 Å². The van der Waals surface area contributed by atoms with Crippen LogP contribution in [-0.4, -0.2) is 47.5 Å². The van der Waals surface area contributed by atoms with Gasteiger partial charge in [-0.25, -0.2) is 4.98 Å². The van der Waals surface area contributed by atoms with Crippen molar-refractivity contribution in [3.8, 4) is 0 Å². The Morgan fingerprint density at radius 3 is 3.00 bits per heavy atom. The van der Waals surface area contributed by atoms with Crippen LogP contribution < -0.4 is 10.6 Å². The minimum atomic E-state index is -0.441. The molecule has 1 aromatic rings. The molecule has 1 atom stereocenters. The largest absolute Gasteiger partial charge is 0.383 e. The van der Waals surface area contributed by atoms with Crippen molar-refractivity contribution in [2.75, 3.05) is 37.3 Å². The first-order valence-electron chi connectivity index (χ1n) is 6.88. The van der Waals surface area contributed by atoms with Crippen LogP contribution in [0.5, 0.6) is 0 Å². The molecule has 1 fully saturated rings. The fourth-order valence-electron chi connectivity index (χ4n) is 2.75. The van der Waals surface area contributed by atoms with E-state index in [9.17, 15) is 10.1 Å². The van der Waals surface area contributed by atoms with Crippen LogP contribution in [0.25, 0.3) is 0 Å². The zero-order chi connectivity index (χ0) is 14.7. The maximum atomic E-state index is 10.9. The van der Waals surface area contributed by atoms with E-state index in [0.717, 1.165) is 26.1 Å². The summed E-state index contributed by atoms with van der Waals surface area (Å²) in [5, 5.41) is 10.9. The van der Waals surface area contributed by atoms with E-state index in [1.54, 1.807) is 0 Å². The van der Waals surface area contributed by atoms with Crippen LogP contribution in [0.3, 0.4) is 0 Å². The summed E-state index contributed by atoms with van der Waals surface area (Å²) in [4.78, 5) is 19.0. The van der Waals surface area contributed by atoms with Gasteiger partial charge in [-0.3, -0.25) is 15.0 Å². The van der Waals surface area contributed by atoms with Crippen molar-refractivity contribution in [1.82, 2.24) is 9.88 Å². The molecule has 0 saturated carbocycles. The third kappa shape index (κ3) is 3.16. The summed E-state index contributed by atoms with van der Waals surface area (Å²) in [6, 6.07) is 3.24. The van der Waals surface area contributed by atoms with Crippen molar-refractivity contribution in [3.05, 3.63) is 22.2 Å². The van der Waals surface area contributed by atoms with Gasteiger partial charge >= 0.3 is 0 Å². The first kappa shape index (κ1) is 14.5. The summed E-state index contributed by atoms with van der Waals surface area (Å²) in [7, 11) is 1.90. The monoisotopic (exact) mass is 279 g/mol. The molecule has 1 aliphatic heterocycles. The number of likely N-dealkylation sites (N-methyl/N-ethyl adjacent to an activating group) is 2. The Balaban J connectivity index is 2.12. The molecule has 1 aromatic heterocycles. The van der Waals surface area contributed by atoms with E-state index in [2.05, 4.69) is 16.8 Å². The Labute approximate surface area is 118 Å². The number of hydrogen-bond donors (Lipinski definition) is 1. The molecule has 0 spiro atoms. The molecule has 0 aliphatic carbocycles. The quantitative estimate of drug-likeness (QED) is 0.649. The van der Waals surface area contributed by atoms with Gasteiger partial charge < -0.3 is 10.6 Å². The average Bonchev–Trinajstić information content (AvgIpc) is 2.85. The number of pyridine rings is 1. The molecule has 2 N–H and O–H groups in total. The highest BCUT2D eigenvalue weighted by atomic mass is 16.6. The SMILES string of the molecule is CCN1CCCC1CN(C)c1cc([N+](=O)[O-])cc(N)n1. The van der Waals surface area contributed by atoms with Crippen LogP contribution in [0.2, 0.25) is 0 Å². The molecule has 7 heteroatoms. The van der Waals surface area contributed by atoms with E-state index < -0.39 is 4.92 Å². The number of nitrogen functional groups attached to an aromatic ring is 1. The second-order valence-corrected chi connectivity index (χ2v) is 5.17. The van der Waals surface area contributed by atoms with Crippen molar-refractivity contribution >= 4 is 17.3 Å². The molecule has 20 heavy (non-hydrogen) atoms. The van der Waals surface area contributed by atoms with Crippen LogP contribution in [0.1, 0.15) is 19.8 Å². The van der Waals surface area contributed by atoms with Gasteiger partial charge in [-0.1, -0.05) is 6.92 Å². The van der Waals surface area contributed by atoms with E-state index in [-0.39, 0.29) is 11.5 Å². The molecule has 1 unspecified atom stereocenters. The molecule has 1 aliphatic rings. The van der Waals surface area contributed by atoms with Crippen LogP contribution in [0, 0.1) is 10.1 Å². The van der Waals surface area contributed by atoms with Crippen molar-refractivity contribution in [3.63, 3.8) is 0 Å². The Hall–Kier alpha value is -1.89. The van der Waals surface area contributed by atoms with Gasteiger partial charge in [0.15, 0.2) is 0 Å². The third-order valence-electron chi connectivity index (χ3n) is 3.81. The van der Waals surface area contributed by atoms with Crippen LogP contribution in [0.15, 0.2) is 12.1 Å². The molecule has 1 saturated heterocycles. The van der Waals surface area contributed by atoms with Crippen molar-refractivity contribution in [1.29, 1.82) is 0 Å². The Morgan fingerprint density at radius 1 is 1.60 bits per heavy atom. The molecular weight excluding hydrogens is 258 g/mol. The molecule has 0 aromatic carbocycles. The molecule has 0 radical (unpaired) electrons. The summed E-state index contributed by atoms with van der Waals surface area (Å²) in [6.45, 7) is 5.12. The fraction of sp³-hybridized carbons (Fsp3) is 0.615. The van der Waals surface area contributed by atoms with E-state index in [1.165, 1.54) is 18.6 Å². The Morgan fingerprint density at radius 2 is 2.35 bits per heavy atom. The van der Waals surface area contributed by atoms with Crippen molar-refractivity contribution in [2.45, 2.75) is 25.8 Å². The van der Waals surface area contributed by atoms with Crippen LogP contribution in [-0.2, 0) is 0 Å². The van der Waals surface area contributed by atoms with Gasteiger partial charge in [0.1, 0.15) is 11.6 Å². The van der Waals surface area contributed by atoms with Crippen LogP contribution >= 0.6 is 0 Å². The van der Waals surface area contributed by atoms with Crippen LogP contribution in [0.4, 0.5) is 17.3 Å². The molecular formula is C13H21N5O2. The van der Waals surface area contributed by atoms with Gasteiger partial charge in [0.05, 0.1) is 17.1 Å². The summed E-state index contributed by atoms with van der Waals surface area (Å²) in [5.41, 5.74) is 5.63. The summed E-state index contributed by atoms with van der Waals surface area (Å²) in [6.07, 6.45) is 2.36. The molecule has 0 amide bonds. The predicted octanol–water partition coefficient (Wildman–Crippen LogP) is 1.49. The summed E-state index contributed by atoms with van der Waals surface area (Å²) in [5.74, 6) is 0.736. The van der Waals surface area contributed by atoms with E-state index in [4.69, 9.17) is 5.73 Å². The first-order valence-corrected chi connectivity index (χ1v) is 6.88. The standard InChI is InChI=1S/C13H21N5O2/c1-3-17-6-4-5-10(17)9-16(2)13-8-11(18(19)20)7-12(14)15-13/h7-8,10H,3-6,9H2,1-2H3,(H2,14,15). The van der Waals surface area contributed by atoms with Gasteiger partial charge in [-0.15, -0.1) is 0 Å². The minimum absolute atomic E-state index is 0.0156. The molecule has 110 valence electrons. The third-order valence-corrected chi connectivity index (χ3v) is 3.81. The highest BCUT2D eigenvalue weighted by Gasteiger charge is 2.25. The molecule has 7 nitrogen and oxygen atoms in total. The Kier molecular flexibility index (Phi) is 4.39. The van der Waals surface area contributed by atoms with Gasteiger partial charge in [0.25, 0.3) is 5.69 Å². The number of likely N-dealkylation sites (tertiary alicyclic amines) is 1. The maximum absolute atomic E-state index is 10.9. The predicted molar refractivity (Wildman–Crippen MR) is 78.8 cm³/mol. The highest BCUT2D eigenvalue weighted by Crippen LogP contribution is 2.23. The number of nitrogens with two attached hydrogens (primary N) is 1. The lowest BCUT2D eigenvalue weighted by atomic mass is 10.2. The van der Waals surface area contributed by atoms with Gasteiger partial charge in [0, 0.05) is 19.6 Å². The molecule has 0 bridgehead atoms. The van der Waals surface area contributed by atoms with Gasteiger partial charge in [-0.2, -0.15) is 0 Å². The minimum Gasteiger partial charge on any atom is -0.383 e.